The van der Waals surface area contributed by atoms with Gasteiger partial charge in [-0.3, -0.25) is 10.1 Å². The third kappa shape index (κ3) is 1.79. The van der Waals surface area contributed by atoms with E-state index in [1.165, 1.54) is 12.1 Å². The van der Waals surface area contributed by atoms with Crippen LogP contribution >= 0.6 is 11.6 Å². The van der Waals surface area contributed by atoms with Crippen molar-refractivity contribution in [2.24, 2.45) is 0 Å². The molecule has 1 aromatic carbocycles. The Hall–Kier alpha value is -1.13. The molecule has 0 aliphatic rings. The number of halogens is 1. The summed E-state index contributed by atoms with van der Waals surface area (Å²) in [4.78, 5) is 9.73. The van der Waals surface area contributed by atoms with Crippen molar-refractivity contribution in [3.8, 4) is 0 Å². The number of hydrogen-bond donors (Lipinski definition) is 1. The van der Waals surface area contributed by atoms with Crippen LogP contribution in [-0.2, 0) is 5.72 Å². The van der Waals surface area contributed by atoms with Crippen LogP contribution < -0.4 is 0 Å². The van der Waals surface area contributed by atoms with Crippen molar-refractivity contribution in [1.29, 1.82) is 0 Å². The molecule has 1 aromatic rings. The summed E-state index contributed by atoms with van der Waals surface area (Å²) in [5.74, 6) is -0.468. The average molecular weight is 202 g/mol. The molecule has 0 saturated heterocycles. The molecule has 70 valence electrons. The van der Waals surface area contributed by atoms with Gasteiger partial charge in [-0.15, -0.1) is 11.6 Å². The van der Waals surface area contributed by atoms with Crippen LogP contribution in [0.5, 0.6) is 0 Å². The first-order valence-corrected chi connectivity index (χ1v) is 4.13. The van der Waals surface area contributed by atoms with Crippen LogP contribution in [-0.4, -0.2) is 15.9 Å². The lowest BCUT2D eigenvalue weighted by molar-refractivity contribution is -0.629. The van der Waals surface area contributed by atoms with Gasteiger partial charge in [-0.25, -0.2) is 0 Å². The van der Waals surface area contributed by atoms with Gasteiger partial charge >= 0.3 is 5.72 Å². The fraction of sp³-hybridized carbons (Fsp3) is 0.250. The van der Waals surface area contributed by atoms with E-state index in [2.05, 4.69) is 0 Å². The van der Waals surface area contributed by atoms with Crippen LogP contribution in [0.3, 0.4) is 0 Å². The molecule has 0 aliphatic carbocycles. The fourth-order valence-corrected chi connectivity index (χ4v) is 1.19. The van der Waals surface area contributed by atoms with E-state index in [1.54, 1.807) is 18.2 Å². The molecule has 5 heteroatoms. The fourth-order valence-electron chi connectivity index (χ4n) is 0.936. The maximum absolute atomic E-state index is 10.5. The highest BCUT2D eigenvalue weighted by molar-refractivity contribution is 6.18. The van der Waals surface area contributed by atoms with Gasteiger partial charge in [0, 0.05) is 0 Å². The summed E-state index contributed by atoms with van der Waals surface area (Å²) in [6, 6.07) is 7.85. The summed E-state index contributed by atoms with van der Waals surface area (Å²) < 4.78 is 0. The van der Waals surface area contributed by atoms with Crippen LogP contribution in [0.2, 0.25) is 0 Å². The molecule has 0 bridgehead atoms. The van der Waals surface area contributed by atoms with Crippen molar-refractivity contribution >= 4 is 11.6 Å². The summed E-state index contributed by atoms with van der Waals surface area (Å²) >= 11 is 5.35. The maximum atomic E-state index is 10.5. The zero-order valence-electron chi connectivity index (χ0n) is 6.68. The maximum Gasteiger partial charge on any atom is 0.362 e. The van der Waals surface area contributed by atoms with Crippen LogP contribution in [0.4, 0.5) is 0 Å². The molecule has 0 fully saturated rings. The Kier molecular flexibility index (Phi) is 2.85. The minimum absolute atomic E-state index is 0.190. The largest absolute Gasteiger partial charge is 0.362 e. The van der Waals surface area contributed by atoms with E-state index in [0.717, 1.165) is 0 Å². The lowest BCUT2D eigenvalue weighted by atomic mass is 10.1. The number of nitro groups is 1. The molecule has 1 atom stereocenters. The van der Waals surface area contributed by atoms with Crippen LogP contribution in [0.1, 0.15) is 5.56 Å². The van der Waals surface area contributed by atoms with E-state index in [-0.39, 0.29) is 5.56 Å². The highest BCUT2D eigenvalue weighted by Crippen LogP contribution is 2.22. The monoisotopic (exact) mass is 201 g/mol. The first-order valence-electron chi connectivity index (χ1n) is 3.59. The second kappa shape index (κ2) is 3.72. The Morgan fingerprint density at radius 1 is 1.46 bits per heavy atom. The third-order valence-corrected chi connectivity index (χ3v) is 2.10. The molecule has 0 heterocycles. The Labute approximate surface area is 79.9 Å². The van der Waals surface area contributed by atoms with Crippen LogP contribution in [0.15, 0.2) is 30.3 Å². The van der Waals surface area contributed by atoms with E-state index in [1.807, 2.05) is 0 Å². The number of rotatable bonds is 3. The van der Waals surface area contributed by atoms with Crippen molar-refractivity contribution < 1.29 is 10.0 Å². The number of nitrogens with zero attached hydrogens (tertiary/aromatic N) is 1. The summed E-state index contributed by atoms with van der Waals surface area (Å²) in [7, 11) is 0. The van der Waals surface area contributed by atoms with Gasteiger partial charge in [0.15, 0.2) is 0 Å². The Balaban J connectivity index is 3.11. The number of benzene rings is 1. The van der Waals surface area contributed by atoms with Gasteiger partial charge in [-0.1, -0.05) is 18.2 Å². The molecule has 0 aromatic heterocycles. The molecule has 0 aliphatic heterocycles. The Morgan fingerprint density at radius 2 is 2.00 bits per heavy atom. The summed E-state index contributed by atoms with van der Waals surface area (Å²) in [5, 5.41) is 20.1. The van der Waals surface area contributed by atoms with E-state index >= 15 is 0 Å². The molecule has 4 nitrogen and oxygen atoms in total. The smallest absolute Gasteiger partial charge is 0.326 e. The summed E-state index contributed by atoms with van der Waals surface area (Å²) in [6.45, 7) is 0. The molecule has 0 amide bonds. The number of alkyl halides is 1. The SMILES string of the molecule is O=[N+]([O-])C(O)(CCl)c1ccccc1. The molecule has 1 unspecified atom stereocenters. The normalized spacial score (nSPS) is 14.9. The third-order valence-electron chi connectivity index (χ3n) is 1.72. The summed E-state index contributed by atoms with van der Waals surface area (Å²) in [5.41, 5.74) is -1.99. The van der Waals surface area contributed by atoms with Crippen molar-refractivity contribution in [2.45, 2.75) is 5.72 Å². The molecular weight excluding hydrogens is 194 g/mol. The average Bonchev–Trinajstić information content (AvgIpc) is 2.17. The Bertz CT molecular complexity index is 304. The zero-order valence-corrected chi connectivity index (χ0v) is 7.44. The first kappa shape index (κ1) is 9.95. The summed E-state index contributed by atoms with van der Waals surface area (Å²) in [6.07, 6.45) is 0. The number of aliphatic hydroxyl groups is 1. The molecular formula is C8H8ClNO3. The lowest BCUT2D eigenvalue weighted by Crippen LogP contribution is -2.36. The molecule has 0 saturated carbocycles. The van der Waals surface area contributed by atoms with Gasteiger partial charge in [-0.2, -0.15) is 0 Å². The van der Waals surface area contributed by atoms with Crippen molar-refractivity contribution in [3.63, 3.8) is 0 Å². The lowest BCUT2D eigenvalue weighted by Gasteiger charge is -2.15. The van der Waals surface area contributed by atoms with E-state index in [4.69, 9.17) is 11.6 Å². The number of hydrogen-bond acceptors (Lipinski definition) is 3. The van der Waals surface area contributed by atoms with Crippen molar-refractivity contribution in [1.82, 2.24) is 0 Å². The van der Waals surface area contributed by atoms with E-state index in [9.17, 15) is 15.2 Å². The minimum Gasteiger partial charge on any atom is -0.326 e. The molecule has 13 heavy (non-hydrogen) atoms. The molecule has 0 radical (unpaired) electrons. The molecule has 1 N–H and O–H groups in total. The van der Waals surface area contributed by atoms with E-state index in [0.29, 0.717) is 0 Å². The quantitative estimate of drug-likeness (QED) is 0.348. The van der Waals surface area contributed by atoms with Gasteiger partial charge in [0.05, 0.1) is 10.5 Å². The standard InChI is InChI=1S/C8H8ClNO3/c9-6-8(11,10(12)13)7-4-2-1-3-5-7/h1-5,11H,6H2. The minimum atomic E-state index is -2.18. The second-order valence-corrected chi connectivity index (χ2v) is 2.84. The topological polar surface area (TPSA) is 63.4 Å². The predicted molar refractivity (Wildman–Crippen MR) is 48.1 cm³/mol. The van der Waals surface area contributed by atoms with Crippen LogP contribution in [0.25, 0.3) is 0 Å². The van der Waals surface area contributed by atoms with E-state index < -0.39 is 16.5 Å². The highest BCUT2D eigenvalue weighted by Gasteiger charge is 2.41. The highest BCUT2D eigenvalue weighted by atomic mass is 35.5. The molecule has 1 rings (SSSR count). The van der Waals surface area contributed by atoms with Gasteiger partial charge in [-0.05, 0) is 12.1 Å². The van der Waals surface area contributed by atoms with Crippen molar-refractivity contribution in [2.75, 3.05) is 5.88 Å². The van der Waals surface area contributed by atoms with Crippen molar-refractivity contribution in [3.05, 3.63) is 46.0 Å². The van der Waals surface area contributed by atoms with Crippen LogP contribution in [0, 0.1) is 10.1 Å². The van der Waals surface area contributed by atoms with Gasteiger partial charge in [0.25, 0.3) is 0 Å². The van der Waals surface area contributed by atoms with Gasteiger partial charge in [0.2, 0.25) is 0 Å². The predicted octanol–water partition coefficient (Wildman–Crippen LogP) is 1.35. The van der Waals surface area contributed by atoms with Gasteiger partial charge in [0.1, 0.15) is 5.88 Å². The zero-order chi connectivity index (χ0) is 9.90. The molecule has 0 spiro atoms. The second-order valence-electron chi connectivity index (χ2n) is 2.57. The first-order chi connectivity index (χ1) is 6.11. The Morgan fingerprint density at radius 3 is 2.38 bits per heavy atom. The van der Waals surface area contributed by atoms with Gasteiger partial charge < -0.3 is 5.11 Å².